The van der Waals surface area contributed by atoms with Crippen molar-refractivity contribution in [3.8, 4) is 0 Å². The Morgan fingerprint density at radius 3 is 2.86 bits per heavy atom. The van der Waals surface area contributed by atoms with Gasteiger partial charge in [0.25, 0.3) is 0 Å². The quantitative estimate of drug-likeness (QED) is 0.507. The zero-order valence-electron chi connectivity index (χ0n) is 4.53. The molecule has 0 rings (SSSR count). The number of rotatable bonds is 4. The van der Waals surface area contributed by atoms with Gasteiger partial charge in [-0.3, -0.25) is 4.79 Å². The van der Waals surface area contributed by atoms with Gasteiger partial charge in [0.1, 0.15) is 0 Å². The Labute approximate surface area is 43.9 Å². The van der Waals surface area contributed by atoms with Gasteiger partial charge in [0, 0.05) is 0 Å². The molecule has 0 aliphatic heterocycles. The van der Waals surface area contributed by atoms with Crippen molar-refractivity contribution in [2.45, 2.75) is 13.3 Å². The first kappa shape index (κ1) is 6.63. The molecule has 0 fully saturated rings. The predicted octanol–water partition coefficient (Wildman–Crippen LogP) is 0.0957. The second-order valence-corrected chi connectivity index (χ2v) is 1.32. The van der Waals surface area contributed by atoms with Crippen molar-refractivity contribution in [1.82, 2.24) is 5.32 Å². The lowest BCUT2D eigenvalue weighted by Crippen LogP contribution is -2.16. The van der Waals surface area contributed by atoms with Crippen LogP contribution in [0.5, 0.6) is 0 Å². The first-order valence-electron chi connectivity index (χ1n) is 2.47. The molecule has 0 aromatic heterocycles. The molecule has 2 nitrogen and oxygen atoms in total. The van der Waals surface area contributed by atoms with Gasteiger partial charge in [-0.2, -0.15) is 0 Å². The minimum Gasteiger partial charge on any atom is -0.310 e. The molecule has 2 heteroatoms. The van der Waals surface area contributed by atoms with Gasteiger partial charge in [0.15, 0.2) is 0 Å². The van der Waals surface area contributed by atoms with Crippen molar-refractivity contribution in [2.24, 2.45) is 0 Å². The molecular formula is C5H10NO. The highest BCUT2D eigenvalue weighted by Crippen LogP contribution is 1.65. The van der Waals surface area contributed by atoms with E-state index < -0.39 is 0 Å². The smallest absolute Gasteiger partial charge is 0.213 e. The summed E-state index contributed by atoms with van der Waals surface area (Å²) in [7, 11) is 0. The molecule has 1 radical (unpaired) electrons. The van der Waals surface area contributed by atoms with Crippen LogP contribution in [0.4, 0.5) is 0 Å². The van der Waals surface area contributed by atoms with Gasteiger partial charge in [-0.15, -0.1) is 0 Å². The average Bonchev–Trinajstić information content (AvgIpc) is 1.69. The lowest BCUT2D eigenvalue weighted by Gasteiger charge is -1.90. The Kier molecular flexibility index (Phi) is 5.33. The predicted molar refractivity (Wildman–Crippen MR) is 28.9 cm³/mol. The van der Waals surface area contributed by atoms with Crippen LogP contribution < -0.4 is 5.32 Å². The lowest BCUT2D eigenvalue weighted by molar-refractivity contribution is 0.548. The molecule has 0 spiro atoms. The zero-order valence-corrected chi connectivity index (χ0v) is 4.53. The molecule has 0 saturated carbocycles. The molecule has 0 saturated heterocycles. The number of hydrogen-bond acceptors (Lipinski definition) is 2. The molecular weight excluding hydrogens is 90.1 g/mol. The van der Waals surface area contributed by atoms with E-state index in [1.54, 1.807) is 6.29 Å². The van der Waals surface area contributed by atoms with Crippen molar-refractivity contribution in [1.29, 1.82) is 0 Å². The maximum absolute atomic E-state index is 9.49. The van der Waals surface area contributed by atoms with E-state index in [1.807, 2.05) is 0 Å². The molecule has 1 N–H and O–H groups in total. The summed E-state index contributed by atoms with van der Waals surface area (Å²) in [6.07, 6.45) is 2.81. The molecule has 41 valence electrons. The highest BCUT2D eigenvalue weighted by atomic mass is 16.1. The van der Waals surface area contributed by atoms with E-state index in [9.17, 15) is 4.79 Å². The van der Waals surface area contributed by atoms with E-state index >= 15 is 0 Å². The van der Waals surface area contributed by atoms with Crippen LogP contribution in [0.3, 0.4) is 0 Å². The Morgan fingerprint density at radius 1 is 1.71 bits per heavy atom. The highest BCUT2D eigenvalue weighted by molar-refractivity contribution is 5.52. The van der Waals surface area contributed by atoms with E-state index in [1.165, 1.54) is 0 Å². The first-order valence-corrected chi connectivity index (χ1v) is 2.47. The minimum atomic E-state index is 0.369. The molecule has 0 aliphatic carbocycles. The van der Waals surface area contributed by atoms with Crippen molar-refractivity contribution in [2.75, 3.05) is 13.1 Å². The molecule has 7 heavy (non-hydrogen) atoms. The summed E-state index contributed by atoms with van der Waals surface area (Å²) < 4.78 is 0. The molecule has 0 heterocycles. The molecule has 0 amide bonds. The largest absolute Gasteiger partial charge is 0.310 e. The van der Waals surface area contributed by atoms with Crippen molar-refractivity contribution in [3.63, 3.8) is 0 Å². The van der Waals surface area contributed by atoms with E-state index in [0.29, 0.717) is 6.54 Å². The zero-order chi connectivity index (χ0) is 5.54. The maximum Gasteiger partial charge on any atom is 0.213 e. The van der Waals surface area contributed by atoms with E-state index in [0.717, 1.165) is 13.0 Å². The number of nitrogens with one attached hydrogen (secondary N) is 1. The summed E-state index contributed by atoms with van der Waals surface area (Å²) in [5.41, 5.74) is 0. The van der Waals surface area contributed by atoms with Crippen LogP contribution in [0.1, 0.15) is 13.3 Å². The van der Waals surface area contributed by atoms with Gasteiger partial charge >= 0.3 is 0 Å². The van der Waals surface area contributed by atoms with Gasteiger partial charge in [0.05, 0.1) is 6.54 Å². The highest BCUT2D eigenvalue weighted by Gasteiger charge is 1.77. The van der Waals surface area contributed by atoms with Gasteiger partial charge in [-0.1, -0.05) is 6.92 Å². The van der Waals surface area contributed by atoms with Crippen LogP contribution in [-0.4, -0.2) is 19.4 Å². The van der Waals surface area contributed by atoms with E-state index in [2.05, 4.69) is 12.2 Å². The first-order chi connectivity index (χ1) is 3.41. The topological polar surface area (TPSA) is 29.1 Å². The van der Waals surface area contributed by atoms with E-state index in [-0.39, 0.29) is 0 Å². The Morgan fingerprint density at radius 2 is 2.43 bits per heavy atom. The molecule has 0 bridgehead atoms. The Balaban J connectivity index is 2.56. The maximum atomic E-state index is 9.49. The molecule has 0 unspecified atom stereocenters. The Hall–Kier alpha value is -0.370. The monoisotopic (exact) mass is 100 g/mol. The van der Waals surface area contributed by atoms with Crippen LogP contribution in [0.2, 0.25) is 0 Å². The Bertz CT molecular complexity index is 45.3. The van der Waals surface area contributed by atoms with Gasteiger partial charge in [-0.05, 0) is 13.0 Å². The summed E-state index contributed by atoms with van der Waals surface area (Å²) in [4.78, 5) is 9.49. The fourth-order valence-electron chi connectivity index (χ4n) is 0.316. The summed E-state index contributed by atoms with van der Waals surface area (Å²) >= 11 is 0. The summed E-state index contributed by atoms with van der Waals surface area (Å²) in [5, 5.41) is 2.86. The second kappa shape index (κ2) is 5.63. The van der Waals surface area contributed by atoms with Crippen molar-refractivity contribution in [3.05, 3.63) is 0 Å². The third-order valence-corrected chi connectivity index (χ3v) is 0.624. The molecule has 0 aromatic rings. The minimum absolute atomic E-state index is 0.369. The average molecular weight is 100 g/mol. The summed E-state index contributed by atoms with van der Waals surface area (Å²) in [5.74, 6) is 0. The molecule has 0 aromatic carbocycles. The SMILES string of the molecule is CCCNC[C]=O. The third-order valence-electron chi connectivity index (χ3n) is 0.624. The standard InChI is InChI=1S/C5H10NO/c1-2-3-6-4-5-7/h6H,2-4H2,1H3. The van der Waals surface area contributed by atoms with E-state index in [4.69, 9.17) is 0 Å². The van der Waals surface area contributed by atoms with Crippen molar-refractivity contribution < 1.29 is 4.79 Å². The lowest BCUT2D eigenvalue weighted by atomic mass is 10.5. The fraction of sp³-hybridized carbons (Fsp3) is 0.800. The van der Waals surface area contributed by atoms with Crippen molar-refractivity contribution >= 4 is 6.29 Å². The van der Waals surface area contributed by atoms with Crippen LogP contribution in [-0.2, 0) is 4.79 Å². The summed E-state index contributed by atoms with van der Waals surface area (Å²) in [6.45, 7) is 3.33. The molecule has 0 atom stereocenters. The third kappa shape index (κ3) is 5.63. The fourth-order valence-corrected chi connectivity index (χ4v) is 0.316. The van der Waals surface area contributed by atoms with Crippen LogP contribution in [0.25, 0.3) is 0 Å². The van der Waals surface area contributed by atoms with Crippen LogP contribution >= 0.6 is 0 Å². The van der Waals surface area contributed by atoms with Gasteiger partial charge in [0.2, 0.25) is 6.29 Å². The van der Waals surface area contributed by atoms with Crippen LogP contribution in [0, 0.1) is 0 Å². The van der Waals surface area contributed by atoms with Gasteiger partial charge in [-0.25, -0.2) is 0 Å². The summed E-state index contributed by atoms with van der Waals surface area (Å²) in [6, 6.07) is 0. The molecule has 0 aliphatic rings. The number of hydrogen-bond donors (Lipinski definition) is 1. The van der Waals surface area contributed by atoms with Gasteiger partial charge < -0.3 is 5.32 Å². The second-order valence-electron chi connectivity index (χ2n) is 1.32. The van der Waals surface area contributed by atoms with Crippen LogP contribution in [0.15, 0.2) is 0 Å². The number of carbonyl (C=O) groups excluding carboxylic acids is 1. The normalized spacial score (nSPS) is 8.71.